The molecule has 7 nitrogen and oxygen atoms in total. The highest BCUT2D eigenvalue weighted by atomic mass is 32.2. The zero-order valence-corrected chi connectivity index (χ0v) is 17.0. The number of hydrogen-bond donors (Lipinski definition) is 2. The minimum Gasteiger partial charge on any atom is -0.371 e. The third-order valence-electron chi connectivity index (χ3n) is 5.05. The molecule has 1 aliphatic heterocycles. The van der Waals surface area contributed by atoms with Crippen LogP contribution in [0, 0.1) is 17.2 Å². The lowest BCUT2D eigenvalue weighted by Crippen LogP contribution is -2.34. The fourth-order valence-corrected chi connectivity index (χ4v) is 4.35. The molecule has 0 spiro atoms. The molecule has 0 aromatic heterocycles. The van der Waals surface area contributed by atoms with E-state index >= 15 is 0 Å². The van der Waals surface area contributed by atoms with Crippen molar-refractivity contribution in [3.05, 3.63) is 54.6 Å². The van der Waals surface area contributed by atoms with Crippen molar-refractivity contribution in [2.45, 2.75) is 23.5 Å². The van der Waals surface area contributed by atoms with Crippen LogP contribution in [0.1, 0.15) is 13.3 Å². The second-order valence-electron chi connectivity index (χ2n) is 7.11. The van der Waals surface area contributed by atoms with Crippen LogP contribution in [0.4, 0.5) is 16.2 Å². The number of nitriles is 1. The van der Waals surface area contributed by atoms with Gasteiger partial charge in [-0.2, -0.15) is 5.26 Å². The lowest BCUT2D eigenvalue weighted by Gasteiger charge is -2.18. The number of urea groups is 1. The Hall–Kier alpha value is -3.05. The van der Waals surface area contributed by atoms with Crippen molar-refractivity contribution in [3.63, 3.8) is 0 Å². The number of rotatable bonds is 6. The summed E-state index contributed by atoms with van der Waals surface area (Å²) in [7, 11) is -3.68. The van der Waals surface area contributed by atoms with Gasteiger partial charge in [-0.3, -0.25) is 0 Å². The lowest BCUT2D eigenvalue weighted by atomic mass is 10.1. The number of para-hydroxylation sites is 1. The highest BCUT2D eigenvalue weighted by molar-refractivity contribution is 7.92. The highest BCUT2D eigenvalue weighted by Gasteiger charge is 2.24. The lowest BCUT2D eigenvalue weighted by molar-refractivity contribution is 0.250. The molecule has 1 heterocycles. The Kier molecular flexibility index (Phi) is 6.39. The van der Waals surface area contributed by atoms with Crippen LogP contribution in [0.2, 0.25) is 0 Å². The number of anilines is 2. The fourth-order valence-electron chi connectivity index (χ4n) is 3.29. The Morgan fingerprint density at radius 3 is 2.55 bits per heavy atom. The standard InChI is InChI=1S/C21H24N4O3S/c1-16(13-22)29(27,28)20-9-7-18(8-10-20)24-21(26)23-14-17-11-12-25(15-17)19-5-3-2-4-6-19/h2-10,16-17H,11-12,14-15H2,1H3,(H2,23,24,26)/t16-,17-/m1/s1. The summed E-state index contributed by atoms with van der Waals surface area (Å²) in [6.45, 7) is 3.78. The van der Waals surface area contributed by atoms with Gasteiger partial charge >= 0.3 is 6.03 Å². The molecule has 3 rings (SSSR count). The number of sulfone groups is 1. The van der Waals surface area contributed by atoms with Crippen LogP contribution < -0.4 is 15.5 Å². The second-order valence-corrected chi connectivity index (χ2v) is 9.38. The summed E-state index contributed by atoms with van der Waals surface area (Å²) in [5, 5.41) is 13.3. The predicted molar refractivity (Wildman–Crippen MR) is 112 cm³/mol. The molecule has 2 N–H and O–H groups in total. The minimum absolute atomic E-state index is 0.0597. The van der Waals surface area contributed by atoms with Gasteiger partial charge in [-0.25, -0.2) is 13.2 Å². The summed E-state index contributed by atoms with van der Waals surface area (Å²) in [6.07, 6.45) is 1.01. The van der Waals surface area contributed by atoms with E-state index < -0.39 is 15.1 Å². The van der Waals surface area contributed by atoms with E-state index in [-0.39, 0.29) is 10.9 Å². The molecule has 152 valence electrons. The molecular formula is C21H24N4O3S. The molecule has 2 atom stereocenters. The summed E-state index contributed by atoms with van der Waals surface area (Å²) in [5.74, 6) is 0.376. The van der Waals surface area contributed by atoms with Crippen LogP contribution in [0.15, 0.2) is 59.5 Å². The van der Waals surface area contributed by atoms with Crippen molar-refractivity contribution in [1.29, 1.82) is 5.26 Å². The number of hydrogen-bond acceptors (Lipinski definition) is 5. The van der Waals surface area contributed by atoms with Crippen molar-refractivity contribution in [3.8, 4) is 6.07 Å². The predicted octanol–water partition coefficient (Wildman–Crippen LogP) is 3.02. The first kappa shape index (κ1) is 20.7. The molecule has 2 aromatic rings. The van der Waals surface area contributed by atoms with E-state index in [1.807, 2.05) is 18.2 Å². The third kappa shape index (κ3) is 5.06. The minimum atomic E-state index is -3.68. The van der Waals surface area contributed by atoms with E-state index in [1.165, 1.54) is 36.9 Å². The van der Waals surface area contributed by atoms with Crippen molar-refractivity contribution < 1.29 is 13.2 Å². The number of amides is 2. The van der Waals surface area contributed by atoms with Crippen LogP contribution in [0.5, 0.6) is 0 Å². The molecule has 0 unspecified atom stereocenters. The molecule has 0 saturated carbocycles. The number of nitrogens with one attached hydrogen (secondary N) is 2. The van der Waals surface area contributed by atoms with Crippen LogP contribution >= 0.6 is 0 Å². The average molecular weight is 413 g/mol. The van der Waals surface area contributed by atoms with Gasteiger partial charge in [0.2, 0.25) is 0 Å². The zero-order chi connectivity index (χ0) is 20.9. The first-order chi connectivity index (χ1) is 13.9. The monoisotopic (exact) mass is 412 g/mol. The van der Waals surface area contributed by atoms with Gasteiger partial charge < -0.3 is 15.5 Å². The Balaban J connectivity index is 1.48. The van der Waals surface area contributed by atoms with Crippen LogP contribution in [-0.2, 0) is 9.84 Å². The average Bonchev–Trinajstić information content (AvgIpc) is 3.22. The number of carbonyl (C=O) groups excluding carboxylic acids is 1. The maximum absolute atomic E-state index is 12.2. The zero-order valence-electron chi connectivity index (χ0n) is 16.2. The fraction of sp³-hybridized carbons (Fsp3) is 0.333. The van der Waals surface area contributed by atoms with E-state index in [0.29, 0.717) is 18.2 Å². The van der Waals surface area contributed by atoms with Crippen LogP contribution in [0.25, 0.3) is 0 Å². The molecule has 2 aromatic carbocycles. The van der Waals surface area contributed by atoms with E-state index in [9.17, 15) is 13.2 Å². The summed E-state index contributed by atoms with van der Waals surface area (Å²) < 4.78 is 24.3. The molecule has 0 aliphatic carbocycles. The molecule has 1 saturated heterocycles. The molecule has 1 fully saturated rings. The molecule has 29 heavy (non-hydrogen) atoms. The van der Waals surface area contributed by atoms with Gasteiger partial charge in [0, 0.05) is 31.0 Å². The van der Waals surface area contributed by atoms with E-state index in [4.69, 9.17) is 5.26 Å². The summed E-state index contributed by atoms with van der Waals surface area (Å²) in [4.78, 5) is 14.5. The normalized spacial score (nSPS) is 17.4. The Morgan fingerprint density at radius 2 is 1.90 bits per heavy atom. The Bertz CT molecular complexity index is 985. The van der Waals surface area contributed by atoms with Crippen molar-refractivity contribution in [1.82, 2.24) is 5.32 Å². The Labute approximate surface area is 171 Å². The van der Waals surface area contributed by atoms with Gasteiger partial charge in [0.1, 0.15) is 5.25 Å². The van der Waals surface area contributed by atoms with Crippen molar-refractivity contribution >= 4 is 27.2 Å². The second kappa shape index (κ2) is 8.97. The van der Waals surface area contributed by atoms with Crippen LogP contribution in [-0.4, -0.2) is 39.3 Å². The smallest absolute Gasteiger partial charge is 0.319 e. The highest BCUT2D eigenvalue weighted by Crippen LogP contribution is 2.23. The number of carbonyl (C=O) groups is 1. The molecule has 8 heteroatoms. The third-order valence-corrected chi connectivity index (χ3v) is 7.01. The maximum Gasteiger partial charge on any atom is 0.319 e. The van der Waals surface area contributed by atoms with Gasteiger partial charge in [-0.05, 0) is 55.7 Å². The van der Waals surface area contributed by atoms with Gasteiger partial charge in [0.05, 0.1) is 11.0 Å². The van der Waals surface area contributed by atoms with E-state index in [2.05, 4.69) is 27.7 Å². The van der Waals surface area contributed by atoms with Crippen LogP contribution in [0.3, 0.4) is 0 Å². The van der Waals surface area contributed by atoms with E-state index in [0.717, 1.165) is 19.5 Å². The molecule has 0 radical (unpaired) electrons. The molecule has 1 aliphatic rings. The largest absolute Gasteiger partial charge is 0.371 e. The van der Waals surface area contributed by atoms with Gasteiger partial charge in [-0.15, -0.1) is 0 Å². The number of nitrogens with zero attached hydrogens (tertiary/aromatic N) is 2. The first-order valence-electron chi connectivity index (χ1n) is 9.48. The van der Waals surface area contributed by atoms with Crippen molar-refractivity contribution in [2.75, 3.05) is 29.9 Å². The first-order valence-corrected chi connectivity index (χ1v) is 11.0. The Morgan fingerprint density at radius 1 is 1.21 bits per heavy atom. The van der Waals surface area contributed by atoms with Crippen molar-refractivity contribution in [2.24, 2.45) is 5.92 Å². The summed E-state index contributed by atoms with van der Waals surface area (Å²) >= 11 is 0. The maximum atomic E-state index is 12.2. The molecule has 0 bridgehead atoms. The number of benzene rings is 2. The topological polar surface area (TPSA) is 102 Å². The van der Waals surface area contributed by atoms with Gasteiger partial charge in [-0.1, -0.05) is 18.2 Å². The quantitative estimate of drug-likeness (QED) is 0.759. The van der Waals surface area contributed by atoms with Gasteiger partial charge in [0.25, 0.3) is 0 Å². The SMILES string of the molecule is C[C@H](C#N)S(=O)(=O)c1ccc(NC(=O)NC[C@H]2CCN(c3ccccc3)C2)cc1. The molecule has 2 amide bonds. The van der Waals surface area contributed by atoms with Gasteiger partial charge in [0.15, 0.2) is 9.84 Å². The summed E-state index contributed by atoms with van der Waals surface area (Å²) in [5.41, 5.74) is 1.68. The van der Waals surface area contributed by atoms with E-state index in [1.54, 1.807) is 6.07 Å². The summed E-state index contributed by atoms with van der Waals surface area (Å²) in [6, 6.07) is 17.4. The molecular weight excluding hydrogens is 388 g/mol.